The Hall–Kier alpha value is 0.0743. The van der Waals surface area contributed by atoms with Crippen molar-refractivity contribution < 1.29 is 21.7 Å². The fraction of sp³-hybridized carbons (Fsp3) is 0.750. The van der Waals surface area contributed by atoms with Crippen LogP contribution in [0.15, 0.2) is 16.7 Å². The summed E-state index contributed by atoms with van der Waals surface area (Å²) >= 11 is 0. The van der Waals surface area contributed by atoms with Gasteiger partial charge < -0.3 is 16.0 Å². The van der Waals surface area contributed by atoms with Gasteiger partial charge in [-0.2, -0.15) is 11.1 Å². The minimum atomic E-state index is 0. The van der Waals surface area contributed by atoms with E-state index in [0.29, 0.717) is 0 Å². The Labute approximate surface area is 143 Å². The third kappa shape index (κ3) is 14.5. The smallest absolute Gasteiger partial charge is 0 e. The van der Waals surface area contributed by atoms with Gasteiger partial charge in [0.2, 0.25) is 0 Å². The van der Waals surface area contributed by atoms with Crippen LogP contribution in [0.25, 0.3) is 0 Å². The molecule has 0 saturated heterocycles. The Bertz CT molecular complexity index is 264. The number of allylic oxidation sites excluding steroid dienone is 4. The molecule has 0 aromatic carbocycles. The van der Waals surface area contributed by atoms with Gasteiger partial charge in [-0.25, -0.2) is 5.57 Å². The van der Waals surface area contributed by atoms with E-state index in [1.54, 1.807) is 0 Å². The maximum absolute atomic E-state index is 3.44. The monoisotopic (exact) mass is 318 g/mol. The van der Waals surface area contributed by atoms with Crippen LogP contribution in [-0.2, 0) is 21.7 Å². The van der Waals surface area contributed by atoms with E-state index in [2.05, 4.69) is 56.6 Å². The van der Waals surface area contributed by atoms with Crippen LogP contribution in [0.3, 0.4) is 0 Å². The molecule has 1 rings (SSSR count). The first kappa shape index (κ1) is 28.3. The molecule has 0 radical (unpaired) electrons. The van der Waals surface area contributed by atoms with Crippen LogP contribution in [0, 0.1) is 11.5 Å². The van der Waals surface area contributed by atoms with E-state index in [1.807, 2.05) is 42.3 Å². The molecule has 3 nitrogen and oxygen atoms in total. The first-order valence-electron chi connectivity index (χ1n) is 6.75. The molecule has 0 fully saturated rings. The molecule has 0 aromatic rings. The first-order valence-corrected chi connectivity index (χ1v) is 6.75. The number of hydrogen-bond donors (Lipinski definition) is 3. The molecule has 120 valence electrons. The van der Waals surface area contributed by atoms with Gasteiger partial charge in [-0.05, 0) is 42.3 Å². The van der Waals surface area contributed by atoms with Gasteiger partial charge in [0.15, 0.2) is 0 Å². The van der Waals surface area contributed by atoms with Crippen LogP contribution in [0.5, 0.6) is 0 Å². The van der Waals surface area contributed by atoms with Gasteiger partial charge in [-0.3, -0.25) is 6.08 Å². The Morgan fingerprint density at radius 3 is 1.05 bits per heavy atom. The molecule has 0 heterocycles. The van der Waals surface area contributed by atoms with Gasteiger partial charge in [-0.15, -0.1) is 6.92 Å². The van der Waals surface area contributed by atoms with Gasteiger partial charge in [0, 0.05) is 21.7 Å². The maximum atomic E-state index is 3.44. The van der Waals surface area contributed by atoms with Crippen molar-refractivity contribution >= 4 is 0 Å². The summed E-state index contributed by atoms with van der Waals surface area (Å²) in [5.74, 6) is 0. The molecule has 0 atom stereocenters. The van der Waals surface area contributed by atoms with Crippen molar-refractivity contribution in [3.8, 4) is 0 Å². The number of hydrogen-bond acceptors (Lipinski definition) is 3. The molecule has 1 aliphatic carbocycles. The maximum Gasteiger partial charge on any atom is 0 e. The summed E-state index contributed by atoms with van der Waals surface area (Å²) in [5, 5.41) is 8.25. The standard InChI is InChI=1S/C10H15.3C2H7N.Ti/c1-7-6-10(4,5)9(3)8(7)2;3*1-3-2;/h1-5H3;3*3H,1-2H3;/q-1;;;;. The van der Waals surface area contributed by atoms with Crippen LogP contribution in [0.4, 0.5) is 0 Å². The molecule has 0 spiro atoms. The number of rotatable bonds is 0. The predicted molar refractivity (Wildman–Crippen MR) is 89.5 cm³/mol. The summed E-state index contributed by atoms with van der Waals surface area (Å²) in [6.07, 6.45) is 3.44. The van der Waals surface area contributed by atoms with Crippen molar-refractivity contribution in [3.63, 3.8) is 0 Å². The molecule has 0 aromatic heterocycles. The van der Waals surface area contributed by atoms with Crippen molar-refractivity contribution in [2.75, 3.05) is 42.3 Å². The molecule has 1 aliphatic rings. The number of nitrogens with one attached hydrogen (secondary N) is 3. The zero-order valence-electron chi connectivity index (χ0n) is 15.5. The van der Waals surface area contributed by atoms with Gasteiger partial charge >= 0.3 is 0 Å². The second-order valence-electron chi connectivity index (χ2n) is 5.12. The molecular weight excluding hydrogens is 282 g/mol. The fourth-order valence-electron chi connectivity index (χ4n) is 1.41. The van der Waals surface area contributed by atoms with Crippen LogP contribution < -0.4 is 16.0 Å². The minimum Gasteiger partial charge on any atom is -0.323 e. The summed E-state index contributed by atoms with van der Waals surface area (Å²) in [5.41, 5.74) is 4.39. The second kappa shape index (κ2) is 17.1. The first-order chi connectivity index (χ1) is 8.69. The van der Waals surface area contributed by atoms with Crippen molar-refractivity contribution in [3.05, 3.63) is 22.8 Å². The quantitative estimate of drug-likeness (QED) is 0.475. The molecule has 4 heteroatoms. The average molecular weight is 318 g/mol. The molecule has 0 aliphatic heterocycles. The zero-order valence-corrected chi connectivity index (χ0v) is 17.1. The molecule has 3 N–H and O–H groups in total. The van der Waals surface area contributed by atoms with Crippen LogP contribution in [0.1, 0.15) is 34.6 Å². The van der Waals surface area contributed by atoms with E-state index >= 15 is 0 Å². The third-order valence-corrected chi connectivity index (χ3v) is 2.56. The predicted octanol–water partition coefficient (Wildman–Crippen LogP) is 2.62. The van der Waals surface area contributed by atoms with Crippen molar-refractivity contribution in [1.82, 2.24) is 16.0 Å². The van der Waals surface area contributed by atoms with Crippen molar-refractivity contribution in [2.24, 2.45) is 5.41 Å². The van der Waals surface area contributed by atoms with E-state index in [1.165, 1.54) is 16.7 Å². The summed E-state index contributed by atoms with van der Waals surface area (Å²) in [6.45, 7) is 10.9. The molecular formula is C16H36N3Ti-. The average Bonchev–Trinajstić information content (AvgIpc) is 2.45. The summed E-state index contributed by atoms with van der Waals surface area (Å²) in [7, 11) is 11.2. The molecule has 20 heavy (non-hydrogen) atoms. The molecule has 0 bridgehead atoms. The van der Waals surface area contributed by atoms with E-state index in [9.17, 15) is 0 Å². The Morgan fingerprint density at radius 2 is 1.00 bits per heavy atom. The normalized spacial score (nSPS) is 14.4. The van der Waals surface area contributed by atoms with Gasteiger partial charge in [0.25, 0.3) is 0 Å². The van der Waals surface area contributed by atoms with E-state index in [0.717, 1.165) is 0 Å². The SMILES string of the molecule is CC1=[C-]C(C)(C)C(C)=C1C.CNC.CNC.CNC.[Ti]. The Balaban J connectivity index is -0.000000108. The fourth-order valence-corrected chi connectivity index (χ4v) is 1.41. The third-order valence-electron chi connectivity index (χ3n) is 2.56. The molecule has 0 amide bonds. The summed E-state index contributed by atoms with van der Waals surface area (Å²) in [6, 6.07) is 0. The summed E-state index contributed by atoms with van der Waals surface area (Å²) in [4.78, 5) is 0. The Kier molecular flexibility index (Phi) is 24.2. The van der Waals surface area contributed by atoms with Crippen LogP contribution in [0.2, 0.25) is 0 Å². The minimum absolute atomic E-state index is 0. The second-order valence-corrected chi connectivity index (χ2v) is 5.12. The Morgan fingerprint density at radius 1 is 0.750 bits per heavy atom. The van der Waals surface area contributed by atoms with Crippen LogP contribution >= 0.6 is 0 Å². The van der Waals surface area contributed by atoms with E-state index in [-0.39, 0.29) is 27.1 Å². The molecule has 0 saturated carbocycles. The van der Waals surface area contributed by atoms with Gasteiger partial charge in [0.05, 0.1) is 0 Å². The summed E-state index contributed by atoms with van der Waals surface area (Å²) < 4.78 is 0. The molecule has 0 unspecified atom stereocenters. The zero-order chi connectivity index (χ0) is 16.1. The van der Waals surface area contributed by atoms with Crippen LogP contribution in [-0.4, -0.2) is 42.3 Å². The van der Waals surface area contributed by atoms with Crippen molar-refractivity contribution in [2.45, 2.75) is 34.6 Å². The van der Waals surface area contributed by atoms with E-state index < -0.39 is 0 Å². The van der Waals surface area contributed by atoms with E-state index in [4.69, 9.17) is 0 Å². The van der Waals surface area contributed by atoms with Crippen molar-refractivity contribution in [1.29, 1.82) is 0 Å². The topological polar surface area (TPSA) is 36.1 Å². The van der Waals surface area contributed by atoms with Gasteiger partial charge in [-0.1, -0.05) is 33.1 Å². The largest absolute Gasteiger partial charge is 0.323 e. The van der Waals surface area contributed by atoms with Gasteiger partial charge in [0.1, 0.15) is 0 Å².